The van der Waals surface area contributed by atoms with Crippen molar-refractivity contribution in [3.05, 3.63) is 58.1 Å². The minimum atomic E-state index is -0.234. The monoisotopic (exact) mass is 339 g/mol. The minimum Gasteiger partial charge on any atom is -0.324 e. The first-order valence-electron chi connectivity index (χ1n) is 6.45. The summed E-state index contributed by atoms with van der Waals surface area (Å²) in [6, 6.07) is 13.1. The Morgan fingerprint density at radius 2 is 1.81 bits per heavy atom. The summed E-state index contributed by atoms with van der Waals surface area (Å²) in [7, 11) is 0. The van der Waals surface area contributed by atoms with Crippen LogP contribution in [0, 0.1) is 6.92 Å². The number of thioether (sulfide) groups is 1. The summed E-state index contributed by atoms with van der Waals surface area (Å²) < 4.78 is 0. The van der Waals surface area contributed by atoms with Gasteiger partial charge >= 0.3 is 0 Å². The Morgan fingerprint density at radius 1 is 1.14 bits per heavy atom. The fraction of sp³-hybridized carbons (Fsp3) is 0.188. The maximum absolute atomic E-state index is 12.2. The molecule has 0 unspecified atom stereocenters. The molecule has 2 aromatic rings. The smallest absolute Gasteiger partial charge is 0.237 e. The van der Waals surface area contributed by atoms with Crippen molar-refractivity contribution in [2.75, 3.05) is 5.32 Å². The zero-order valence-electron chi connectivity index (χ0n) is 11.7. The number of hydrogen-bond donors (Lipinski definition) is 1. The Bertz CT molecular complexity index is 643. The zero-order chi connectivity index (χ0) is 15.4. The van der Waals surface area contributed by atoms with Gasteiger partial charge in [0, 0.05) is 9.92 Å². The topological polar surface area (TPSA) is 29.1 Å². The van der Waals surface area contributed by atoms with Crippen molar-refractivity contribution in [3.8, 4) is 0 Å². The summed E-state index contributed by atoms with van der Waals surface area (Å²) in [5.41, 5.74) is 1.73. The van der Waals surface area contributed by atoms with Crippen molar-refractivity contribution < 1.29 is 4.79 Å². The van der Waals surface area contributed by atoms with Crippen molar-refractivity contribution in [2.45, 2.75) is 24.0 Å². The van der Waals surface area contributed by atoms with E-state index in [2.05, 4.69) is 5.32 Å². The maximum Gasteiger partial charge on any atom is 0.237 e. The lowest BCUT2D eigenvalue weighted by Crippen LogP contribution is -2.22. The average molecular weight is 340 g/mol. The van der Waals surface area contributed by atoms with Crippen LogP contribution in [0.4, 0.5) is 5.69 Å². The standard InChI is InChI=1S/C16H15Cl2NOS/c1-10-3-6-13(7-4-10)21-11(2)16(20)19-15-9-12(17)5-8-14(15)18/h3-9,11H,1-2H3,(H,19,20)/t11-/m0/s1. The summed E-state index contributed by atoms with van der Waals surface area (Å²) >= 11 is 13.5. The summed E-state index contributed by atoms with van der Waals surface area (Å²) in [6.45, 7) is 3.89. The second-order valence-corrected chi connectivity index (χ2v) is 6.94. The fourth-order valence-electron chi connectivity index (χ4n) is 1.70. The first kappa shape index (κ1) is 16.2. The quantitative estimate of drug-likeness (QED) is 0.753. The van der Waals surface area contributed by atoms with Crippen molar-refractivity contribution in [3.63, 3.8) is 0 Å². The maximum atomic E-state index is 12.2. The zero-order valence-corrected chi connectivity index (χ0v) is 14.0. The normalized spacial score (nSPS) is 12.0. The van der Waals surface area contributed by atoms with Crippen LogP contribution >= 0.6 is 35.0 Å². The van der Waals surface area contributed by atoms with Crippen LogP contribution in [0.1, 0.15) is 12.5 Å². The largest absolute Gasteiger partial charge is 0.324 e. The molecule has 0 fully saturated rings. The molecule has 5 heteroatoms. The molecule has 1 atom stereocenters. The highest BCUT2D eigenvalue weighted by atomic mass is 35.5. The van der Waals surface area contributed by atoms with E-state index in [1.54, 1.807) is 18.2 Å². The Hall–Kier alpha value is -1.16. The van der Waals surface area contributed by atoms with E-state index in [0.29, 0.717) is 15.7 Å². The number of aryl methyl sites for hydroxylation is 1. The Balaban J connectivity index is 2.02. The van der Waals surface area contributed by atoms with Crippen LogP contribution in [0.5, 0.6) is 0 Å². The molecule has 1 amide bonds. The van der Waals surface area contributed by atoms with E-state index in [1.807, 2.05) is 38.1 Å². The molecular formula is C16H15Cl2NOS. The van der Waals surface area contributed by atoms with E-state index in [1.165, 1.54) is 17.3 Å². The van der Waals surface area contributed by atoms with E-state index in [4.69, 9.17) is 23.2 Å². The van der Waals surface area contributed by atoms with Gasteiger partial charge in [0.2, 0.25) is 5.91 Å². The van der Waals surface area contributed by atoms with Gasteiger partial charge in [-0.1, -0.05) is 40.9 Å². The van der Waals surface area contributed by atoms with Crippen LogP contribution < -0.4 is 5.32 Å². The molecule has 0 aromatic heterocycles. The van der Waals surface area contributed by atoms with Crippen LogP contribution in [0.2, 0.25) is 10.0 Å². The van der Waals surface area contributed by atoms with E-state index >= 15 is 0 Å². The predicted molar refractivity (Wildman–Crippen MR) is 91.6 cm³/mol. The molecule has 0 heterocycles. The van der Waals surface area contributed by atoms with Crippen molar-refractivity contribution in [1.29, 1.82) is 0 Å². The lowest BCUT2D eigenvalue weighted by molar-refractivity contribution is -0.115. The van der Waals surface area contributed by atoms with Gasteiger partial charge in [-0.05, 0) is 44.2 Å². The van der Waals surface area contributed by atoms with Crippen molar-refractivity contribution >= 4 is 46.6 Å². The Morgan fingerprint density at radius 3 is 2.48 bits per heavy atom. The first-order valence-corrected chi connectivity index (χ1v) is 8.08. The molecule has 0 aliphatic heterocycles. The van der Waals surface area contributed by atoms with Crippen LogP contribution in [0.25, 0.3) is 0 Å². The second kappa shape index (κ2) is 7.21. The number of carbonyl (C=O) groups is 1. The summed E-state index contributed by atoms with van der Waals surface area (Å²) in [5, 5.41) is 3.58. The van der Waals surface area contributed by atoms with Gasteiger partial charge in [0.15, 0.2) is 0 Å². The minimum absolute atomic E-state index is 0.107. The lowest BCUT2D eigenvalue weighted by Gasteiger charge is -2.13. The summed E-state index contributed by atoms with van der Waals surface area (Å²) in [5.74, 6) is -0.107. The third-order valence-electron chi connectivity index (χ3n) is 2.89. The van der Waals surface area contributed by atoms with Gasteiger partial charge < -0.3 is 5.32 Å². The van der Waals surface area contributed by atoms with Crippen LogP contribution in [0.15, 0.2) is 47.4 Å². The average Bonchev–Trinajstić information content (AvgIpc) is 2.45. The fourth-order valence-corrected chi connectivity index (χ4v) is 2.91. The first-order chi connectivity index (χ1) is 9.95. The van der Waals surface area contributed by atoms with E-state index in [-0.39, 0.29) is 11.2 Å². The molecular weight excluding hydrogens is 325 g/mol. The van der Waals surface area contributed by atoms with Crippen molar-refractivity contribution in [1.82, 2.24) is 0 Å². The second-order valence-electron chi connectivity index (χ2n) is 4.69. The number of halogens is 2. The van der Waals surface area contributed by atoms with Crippen LogP contribution in [-0.2, 0) is 4.79 Å². The molecule has 0 radical (unpaired) electrons. The Labute approximate surface area is 138 Å². The lowest BCUT2D eigenvalue weighted by atomic mass is 10.2. The van der Waals surface area contributed by atoms with Gasteiger partial charge in [-0.15, -0.1) is 11.8 Å². The molecule has 2 rings (SSSR count). The van der Waals surface area contributed by atoms with E-state index in [9.17, 15) is 4.79 Å². The van der Waals surface area contributed by atoms with Gasteiger partial charge in [0.1, 0.15) is 0 Å². The number of carbonyl (C=O) groups excluding carboxylic acids is 1. The van der Waals surface area contributed by atoms with Crippen molar-refractivity contribution in [2.24, 2.45) is 0 Å². The molecule has 2 nitrogen and oxygen atoms in total. The highest BCUT2D eigenvalue weighted by molar-refractivity contribution is 8.00. The number of amides is 1. The van der Waals surface area contributed by atoms with E-state index in [0.717, 1.165) is 4.90 Å². The molecule has 2 aromatic carbocycles. The SMILES string of the molecule is Cc1ccc(S[C@@H](C)C(=O)Nc2cc(Cl)ccc2Cl)cc1. The summed E-state index contributed by atoms with van der Waals surface area (Å²) in [4.78, 5) is 13.3. The van der Waals surface area contributed by atoms with Gasteiger partial charge in [-0.2, -0.15) is 0 Å². The molecule has 0 aliphatic rings. The Kier molecular flexibility index (Phi) is 5.57. The molecule has 0 aliphatic carbocycles. The van der Waals surface area contributed by atoms with Gasteiger partial charge in [-0.25, -0.2) is 0 Å². The number of benzene rings is 2. The molecule has 0 bridgehead atoms. The van der Waals surface area contributed by atoms with Crippen LogP contribution in [0.3, 0.4) is 0 Å². The molecule has 110 valence electrons. The van der Waals surface area contributed by atoms with Crippen LogP contribution in [-0.4, -0.2) is 11.2 Å². The third-order valence-corrected chi connectivity index (χ3v) is 4.57. The number of nitrogens with one attached hydrogen (secondary N) is 1. The van der Waals surface area contributed by atoms with Gasteiger partial charge in [0.05, 0.1) is 16.0 Å². The third kappa shape index (κ3) is 4.67. The van der Waals surface area contributed by atoms with Gasteiger partial charge in [-0.3, -0.25) is 4.79 Å². The highest BCUT2D eigenvalue weighted by Gasteiger charge is 2.15. The molecule has 0 saturated heterocycles. The van der Waals surface area contributed by atoms with E-state index < -0.39 is 0 Å². The van der Waals surface area contributed by atoms with Gasteiger partial charge in [0.25, 0.3) is 0 Å². The highest BCUT2D eigenvalue weighted by Crippen LogP contribution is 2.28. The molecule has 0 spiro atoms. The predicted octanol–water partition coefficient (Wildman–Crippen LogP) is 5.42. The molecule has 1 N–H and O–H groups in total. The molecule has 21 heavy (non-hydrogen) atoms. The number of hydrogen-bond acceptors (Lipinski definition) is 2. The summed E-state index contributed by atoms with van der Waals surface area (Å²) in [6.07, 6.45) is 0. The number of anilines is 1. The number of rotatable bonds is 4. The molecule has 0 saturated carbocycles.